The van der Waals surface area contributed by atoms with Crippen molar-refractivity contribution in [1.82, 2.24) is 20.0 Å². The molecule has 1 N–H and O–H groups in total. The van der Waals surface area contributed by atoms with E-state index < -0.39 is 23.8 Å². The van der Waals surface area contributed by atoms with E-state index >= 15 is 0 Å². The summed E-state index contributed by atoms with van der Waals surface area (Å²) in [5, 5.41) is 2.27. The van der Waals surface area contributed by atoms with Crippen LogP contribution in [0.3, 0.4) is 0 Å². The number of anilines is 1. The molecule has 0 spiro atoms. The molecule has 5 fully saturated rings. The van der Waals surface area contributed by atoms with Gasteiger partial charge in [0, 0.05) is 50.4 Å². The minimum Gasteiger partial charge on any atom is -0.492 e. The van der Waals surface area contributed by atoms with Gasteiger partial charge < -0.3 is 9.64 Å². The molecule has 10 rings (SSSR count). The van der Waals surface area contributed by atoms with Crippen molar-refractivity contribution in [3.63, 3.8) is 0 Å². The van der Waals surface area contributed by atoms with E-state index in [4.69, 9.17) is 4.74 Å². The lowest BCUT2D eigenvalue weighted by Gasteiger charge is -2.58. The molecular weight excluding hydrogens is 727 g/mol. The molecule has 4 aromatic rings. The van der Waals surface area contributed by atoms with Crippen LogP contribution in [0.1, 0.15) is 82.9 Å². The van der Waals surface area contributed by atoms with Crippen molar-refractivity contribution in [3.05, 3.63) is 131 Å². The molecule has 58 heavy (non-hydrogen) atoms. The summed E-state index contributed by atoms with van der Waals surface area (Å²) in [5.74, 6) is -0.303. The zero-order valence-corrected chi connectivity index (χ0v) is 33.1. The van der Waals surface area contributed by atoms with Gasteiger partial charge >= 0.3 is 0 Å². The van der Waals surface area contributed by atoms with Crippen LogP contribution in [-0.4, -0.2) is 102 Å². The average Bonchev–Trinajstić information content (AvgIpc) is 3.49. The number of ether oxygens (including phenoxy) is 1. The van der Waals surface area contributed by atoms with Crippen molar-refractivity contribution >= 4 is 40.5 Å². The van der Waals surface area contributed by atoms with Gasteiger partial charge in [-0.25, -0.2) is 0 Å². The van der Waals surface area contributed by atoms with E-state index in [0.29, 0.717) is 35.7 Å². The molecule has 3 atom stereocenters. The topological polar surface area (TPSA) is 102 Å². The lowest BCUT2D eigenvalue weighted by Crippen LogP contribution is -2.69. The van der Waals surface area contributed by atoms with E-state index in [1.54, 1.807) is 6.07 Å². The van der Waals surface area contributed by atoms with Gasteiger partial charge in [-0.1, -0.05) is 79.7 Å². The van der Waals surface area contributed by atoms with Gasteiger partial charge in [-0.3, -0.25) is 39.2 Å². The summed E-state index contributed by atoms with van der Waals surface area (Å²) in [6.45, 7) is 9.07. The van der Waals surface area contributed by atoms with E-state index in [-0.39, 0.29) is 18.7 Å². The molecule has 4 amide bonds. The second kappa shape index (κ2) is 16.3. The minimum absolute atomic E-state index is 0.109. The van der Waals surface area contributed by atoms with Gasteiger partial charge in [-0.05, 0) is 109 Å². The molecule has 2 bridgehead atoms. The van der Waals surface area contributed by atoms with Crippen LogP contribution in [0.4, 0.5) is 5.69 Å². The number of hydrogen-bond donors (Lipinski definition) is 1. The number of piperidine rings is 3. The zero-order valence-electron chi connectivity index (χ0n) is 33.1. The maximum absolute atomic E-state index is 13.4. The van der Waals surface area contributed by atoms with Crippen molar-refractivity contribution in [2.45, 2.75) is 63.6 Å². The van der Waals surface area contributed by atoms with Crippen molar-refractivity contribution in [2.24, 2.45) is 5.92 Å². The standard InChI is InChI=1S/C48H51N5O5/c1-2-40(33-9-5-3-6-10-33)45(34-11-7-4-8-12-34)35-13-16-39(17-14-35)58-26-25-50-23-21-32(22-24-50)29-51-30-37-27-38(31-51)52(37)36-15-18-41-42(28-36)48(57)53(47(41)56)43-19-20-44(54)49-46(43)55/h3-18,28,32,37-38,43H,2,19-27,29-31H2,1H3,(H,49,54,55). The smallest absolute Gasteiger partial charge is 0.262 e. The highest BCUT2D eigenvalue weighted by Gasteiger charge is 2.48. The normalized spacial score (nSPS) is 23.0. The van der Waals surface area contributed by atoms with Crippen LogP contribution < -0.4 is 15.0 Å². The van der Waals surface area contributed by atoms with Crippen LogP contribution in [0.25, 0.3) is 11.1 Å². The zero-order chi connectivity index (χ0) is 39.8. The van der Waals surface area contributed by atoms with Crippen LogP contribution in [0.15, 0.2) is 103 Å². The van der Waals surface area contributed by atoms with Crippen LogP contribution in [0.2, 0.25) is 0 Å². The van der Waals surface area contributed by atoms with Gasteiger partial charge in [0.25, 0.3) is 11.8 Å². The number of fused-ring (bicyclic) bond motifs is 3. The van der Waals surface area contributed by atoms with Crippen molar-refractivity contribution in [3.8, 4) is 5.75 Å². The number of nitrogens with zero attached hydrogens (tertiary/aromatic N) is 4. The van der Waals surface area contributed by atoms with E-state index in [1.165, 1.54) is 40.7 Å². The number of hydrogen-bond acceptors (Lipinski definition) is 8. The molecule has 0 saturated carbocycles. The first kappa shape index (κ1) is 38.0. The second-order valence-corrected chi connectivity index (χ2v) is 16.4. The Kier molecular flexibility index (Phi) is 10.7. The lowest BCUT2D eigenvalue weighted by molar-refractivity contribution is -0.136. The molecule has 3 unspecified atom stereocenters. The fourth-order valence-electron chi connectivity index (χ4n) is 9.94. The summed E-state index contributed by atoms with van der Waals surface area (Å²) in [4.78, 5) is 59.4. The highest BCUT2D eigenvalue weighted by molar-refractivity contribution is 6.23. The number of imide groups is 2. The Bertz CT molecular complexity index is 2200. The maximum atomic E-state index is 13.4. The summed E-state index contributed by atoms with van der Waals surface area (Å²) in [6.07, 6.45) is 4.70. The molecule has 0 radical (unpaired) electrons. The summed E-state index contributed by atoms with van der Waals surface area (Å²) in [5.41, 5.74) is 7.89. The van der Waals surface area contributed by atoms with Crippen molar-refractivity contribution < 1.29 is 23.9 Å². The Balaban J connectivity index is 0.741. The largest absolute Gasteiger partial charge is 0.492 e. The number of carbonyl (C=O) groups excluding carboxylic acids is 4. The van der Waals surface area contributed by atoms with Gasteiger partial charge in [-0.2, -0.15) is 0 Å². The molecule has 6 heterocycles. The number of likely N-dealkylation sites (tertiary alicyclic amines) is 1. The van der Waals surface area contributed by atoms with Gasteiger partial charge in [0.05, 0.1) is 11.1 Å². The molecule has 10 nitrogen and oxygen atoms in total. The predicted octanol–water partition coefficient (Wildman–Crippen LogP) is 6.51. The fraction of sp³-hybridized carbons (Fsp3) is 0.375. The van der Waals surface area contributed by atoms with Gasteiger partial charge in [-0.15, -0.1) is 0 Å². The Morgan fingerprint density at radius 3 is 2.05 bits per heavy atom. The second-order valence-electron chi connectivity index (χ2n) is 16.4. The SMILES string of the molecule is CCC(=C(c1ccccc1)c1ccc(OCCN2CCC(CN3CC4CC(C3)N4c3ccc4c(c3)C(=O)N(C3CCC(=O)NC3=O)C4=O)CC2)cc1)c1ccccc1. The first-order valence-corrected chi connectivity index (χ1v) is 21.0. The molecule has 10 heteroatoms. The molecule has 4 aromatic carbocycles. The fourth-order valence-corrected chi connectivity index (χ4v) is 9.94. The molecule has 0 aliphatic carbocycles. The quantitative estimate of drug-likeness (QED) is 0.128. The Morgan fingerprint density at radius 1 is 0.724 bits per heavy atom. The maximum Gasteiger partial charge on any atom is 0.262 e. The van der Waals surface area contributed by atoms with E-state index in [9.17, 15) is 19.2 Å². The summed E-state index contributed by atoms with van der Waals surface area (Å²) in [6, 6.07) is 35.2. The van der Waals surface area contributed by atoms with Crippen LogP contribution in [0.5, 0.6) is 5.75 Å². The Hall–Kier alpha value is -5.58. The number of rotatable bonds is 12. The third-order valence-electron chi connectivity index (χ3n) is 12.9. The molecule has 6 aliphatic heterocycles. The Morgan fingerprint density at radius 2 is 1.38 bits per heavy atom. The number of allylic oxidation sites excluding steroid dienone is 1. The molecule has 0 aromatic heterocycles. The molecule has 5 saturated heterocycles. The van der Waals surface area contributed by atoms with E-state index in [0.717, 1.165) is 68.4 Å². The van der Waals surface area contributed by atoms with Gasteiger partial charge in [0.2, 0.25) is 11.8 Å². The highest BCUT2D eigenvalue weighted by atomic mass is 16.5. The number of amides is 4. The third-order valence-corrected chi connectivity index (χ3v) is 12.9. The Labute approximate surface area is 340 Å². The molecule has 298 valence electrons. The number of piperazine rings is 1. The molecular formula is C48H51N5O5. The minimum atomic E-state index is -0.952. The van der Waals surface area contributed by atoms with Crippen molar-refractivity contribution in [2.75, 3.05) is 50.8 Å². The summed E-state index contributed by atoms with van der Waals surface area (Å²) in [7, 11) is 0. The van der Waals surface area contributed by atoms with E-state index in [2.05, 4.69) is 112 Å². The predicted molar refractivity (Wildman–Crippen MR) is 224 cm³/mol. The van der Waals surface area contributed by atoms with Gasteiger partial charge in [0.15, 0.2) is 0 Å². The van der Waals surface area contributed by atoms with Gasteiger partial charge in [0.1, 0.15) is 18.4 Å². The highest BCUT2D eigenvalue weighted by Crippen LogP contribution is 2.40. The van der Waals surface area contributed by atoms with E-state index in [1.807, 2.05) is 12.1 Å². The third kappa shape index (κ3) is 7.47. The lowest BCUT2D eigenvalue weighted by atomic mass is 9.85. The van der Waals surface area contributed by atoms with Crippen LogP contribution in [-0.2, 0) is 9.59 Å². The van der Waals surface area contributed by atoms with Crippen LogP contribution >= 0.6 is 0 Å². The number of nitrogens with one attached hydrogen (secondary N) is 1. The monoisotopic (exact) mass is 777 g/mol. The summed E-state index contributed by atoms with van der Waals surface area (Å²) >= 11 is 0. The van der Waals surface area contributed by atoms with Crippen LogP contribution in [0, 0.1) is 5.92 Å². The van der Waals surface area contributed by atoms with Crippen molar-refractivity contribution in [1.29, 1.82) is 0 Å². The number of carbonyl (C=O) groups is 4. The first-order valence-electron chi connectivity index (χ1n) is 21.0. The number of benzene rings is 4. The summed E-state index contributed by atoms with van der Waals surface area (Å²) < 4.78 is 6.27. The first-order chi connectivity index (χ1) is 28.3. The molecule has 6 aliphatic rings. The average molecular weight is 778 g/mol.